The van der Waals surface area contributed by atoms with Crippen LogP contribution in [0.3, 0.4) is 0 Å². The van der Waals surface area contributed by atoms with Crippen LogP contribution in [0.1, 0.15) is 127 Å². The monoisotopic (exact) mass is 786 g/mol. The van der Waals surface area contributed by atoms with Gasteiger partial charge in [-0.2, -0.15) is 0 Å². The van der Waals surface area contributed by atoms with Gasteiger partial charge < -0.3 is 14.2 Å². The number of carbonyl (C=O) groups excluding carboxylic acids is 3. The largest absolute Gasteiger partial charge is 0.455 e. The van der Waals surface area contributed by atoms with Crippen molar-refractivity contribution in [3.05, 3.63) is 156 Å². The maximum Gasteiger partial charge on any atom is 0.309 e. The number of hydrogen-bond donors (Lipinski definition) is 0. The summed E-state index contributed by atoms with van der Waals surface area (Å²) in [6, 6.07) is 32.1. The third kappa shape index (κ3) is 14.3. The summed E-state index contributed by atoms with van der Waals surface area (Å²) in [4.78, 5) is 53.0. The third-order valence-corrected chi connectivity index (χ3v) is 9.70. The Hall–Kier alpha value is -5.77. The average molecular weight is 787 g/mol. The van der Waals surface area contributed by atoms with Crippen LogP contribution in [0.25, 0.3) is 0 Å². The van der Waals surface area contributed by atoms with Crippen LogP contribution >= 0.6 is 0 Å². The number of hydrogen-bond acceptors (Lipinski definition) is 10. The molecule has 1 aliphatic rings. The quantitative estimate of drug-likeness (QED) is 0.0839. The van der Waals surface area contributed by atoms with Gasteiger partial charge in [0, 0.05) is 30.7 Å². The fourth-order valence-electron chi connectivity index (χ4n) is 6.08. The summed E-state index contributed by atoms with van der Waals surface area (Å²) in [6.45, 7) is 11.2. The van der Waals surface area contributed by atoms with Crippen molar-refractivity contribution >= 4 is 17.9 Å². The summed E-state index contributed by atoms with van der Waals surface area (Å²) in [6.07, 6.45) is 12.5. The van der Waals surface area contributed by atoms with Crippen LogP contribution in [0.4, 0.5) is 0 Å². The number of rotatable bonds is 13. The summed E-state index contributed by atoms with van der Waals surface area (Å²) < 4.78 is 16.9. The van der Waals surface area contributed by atoms with E-state index in [0.29, 0.717) is 17.3 Å². The van der Waals surface area contributed by atoms with Crippen LogP contribution < -0.4 is 0 Å². The maximum absolute atomic E-state index is 12.2. The molecule has 306 valence electrons. The zero-order valence-corrected chi connectivity index (χ0v) is 34.6. The van der Waals surface area contributed by atoms with Crippen LogP contribution in [0.2, 0.25) is 0 Å². The molecular weight excluding hydrogens is 729 g/mol. The molecule has 0 aliphatic heterocycles. The van der Waals surface area contributed by atoms with E-state index in [9.17, 15) is 14.4 Å². The molecule has 5 aromatic rings. The second-order valence-electron chi connectivity index (χ2n) is 14.9. The first-order chi connectivity index (χ1) is 28.1. The highest BCUT2D eigenvalue weighted by Gasteiger charge is 2.30. The molecule has 0 radical (unpaired) electrons. The van der Waals surface area contributed by atoms with Gasteiger partial charge in [-0.3, -0.25) is 34.3 Å². The SMILES string of the molecule is CC(C)C(=O)OC(c1ccccc1)c1ccccn1.CC(C)C(=O)OC(c1ccccn1)c1ccccn1.CCC(C)C(=O)OC(c1ccccn1)C1CCCCC1. The average Bonchev–Trinajstić information content (AvgIpc) is 3.28. The van der Waals surface area contributed by atoms with Crippen LogP contribution in [-0.4, -0.2) is 37.8 Å². The van der Waals surface area contributed by atoms with E-state index in [2.05, 4.69) is 19.9 Å². The Bertz CT molecular complexity index is 1730. The normalized spacial score (nSPS) is 14.2. The number of benzene rings is 1. The van der Waals surface area contributed by atoms with Crippen molar-refractivity contribution in [1.29, 1.82) is 0 Å². The molecule has 1 aliphatic carbocycles. The second kappa shape index (κ2) is 24.1. The Morgan fingerprint density at radius 1 is 0.517 bits per heavy atom. The molecule has 3 atom stereocenters. The molecule has 0 N–H and O–H groups in total. The van der Waals surface area contributed by atoms with Crippen LogP contribution in [0.15, 0.2) is 128 Å². The Morgan fingerprint density at radius 3 is 1.34 bits per heavy atom. The van der Waals surface area contributed by atoms with Crippen molar-refractivity contribution in [3.8, 4) is 0 Å². The molecule has 3 unspecified atom stereocenters. The lowest BCUT2D eigenvalue weighted by molar-refractivity contribution is -0.158. The van der Waals surface area contributed by atoms with Crippen LogP contribution in [0.5, 0.6) is 0 Å². The van der Waals surface area contributed by atoms with Gasteiger partial charge >= 0.3 is 17.9 Å². The molecule has 0 bridgehead atoms. The lowest BCUT2D eigenvalue weighted by Gasteiger charge is -2.30. The van der Waals surface area contributed by atoms with Crippen molar-refractivity contribution in [2.75, 3.05) is 0 Å². The molecule has 4 heterocycles. The molecule has 0 saturated heterocycles. The number of esters is 3. The van der Waals surface area contributed by atoms with Gasteiger partial charge in [0.25, 0.3) is 0 Å². The van der Waals surface area contributed by atoms with Crippen molar-refractivity contribution < 1.29 is 28.6 Å². The Labute approximate surface area is 343 Å². The predicted molar refractivity (Wildman–Crippen MR) is 224 cm³/mol. The van der Waals surface area contributed by atoms with Gasteiger partial charge in [-0.25, -0.2) is 0 Å². The minimum atomic E-state index is -0.558. The predicted octanol–water partition coefficient (Wildman–Crippen LogP) is 10.4. The Balaban J connectivity index is 0.000000193. The molecular formula is C48H58N4O6. The van der Waals surface area contributed by atoms with Gasteiger partial charge in [-0.1, -0.05) is 115 Å². The number of carbonyl (C=O) groups is 3. The summed E-state index contributed by atoms with van der Waals surface area (Å²) in [7, 11) is 0. The standard InChI is InChI=1S/C17H25NO2.C16H17NO2.C15H16N2O2/c1-3-13(2)17(19)20-16(14-9-5-4-6-10-14)15-11-7-8-12-18-15;1-12(2)16(18)19-15(13-8-4-3-5-9-13)14-10-6-7-11-17-14;1-11(2)15(18)19-14(12-7-3-5-9-16-12)13-8-4-6-10-17-13/h7-8,11-14,16H,3-6,9-10H2,1-2H3;3-12,15H,1-2H3;3-11,14H,1-2H3. The number of nitrogens with zero attached hydrogens (tertiary/aromatic N) is 4. The highest BCUT2D eigenvalue weighted by Crippen LogP contribution is 2.37. The molecule has 4 aromatic heterocycles. The molecule has 1 saturated carbocycles. The van der Waals surface area contributed by atoms with Crippen molar-refractivity contribution in [2.24, 2.45) is 23.7 Å². The number of pyridine rings is 4. The van der Waals surface area contributed by atoms with E-state index in [1.807, 2.05) is 131 Å². The zero-order valence-electron chi connectivity index (χ0n) is 34.6. The third-order valence-electron chi connectivity index (χ3n) is 9.70. The van der Waals surface area contributed by atoms with Crippen LogP contribution in [-0.2, 0) is 28.6 Å². The van der Waals surface area contributed by atoms with Crippen LogP contribution in [0, 0.1) is 23.7 Å². The van der Waals surface area contributed by atoms with Gasteiger partial charge in [0.05, 0.1) is 40.5 Å². The molecule has 58 heavy (non-hydrogen) atoms. The summed E-state index contributed by atoms with van der Waals surface area (Å²) >= 11 is 0. The van der Waals surface area contributed by atoms with E-state index < -0.39 is 12.2 Å². The van der Waals surface area contributed by atoms with Gasteiger partial charge in [-0.15, -0.1) is 0 Å². The topological polar surface area (TPSA) is 130 Å². The number of ether oxygens (including phenoxy) is 3. The lowest BCUT2D eigenvalue weighted by atomic mass is 9.84. The van der Waals surface area contributed by atoms with Gasteiger partial charge in [0.15, 0.2) is 12.2 Å². The minimum absolute atomic E-state index is 0.0372. The maximum atomic E-state index is 12.2. The first-order valence-corrected chi connectivity index (χ1v) is 20.4. The van der Waals surface area contributed by atoms with E-state index in [4.69, 9.17) is 14.2 Å². The Morgan fingerprint density at radius 2 is 0.931 bits per heavy atom. The second-order valence-corrected chi connectivity index (χ2v) is 14.9. The molecule has 1 aromatic carbocycles. The van der Waals surface area contributed by atoms with E-state index in [1.165, 1.54) is 19.3 Å². The lowest BCUT2D eigenvalue weighted by Crippen LogP contribution is -2.25. The van der Waals surface area contributed by atoms with E-state index in [0.717, 1.165) is 36.2 Å². The highest BCUT2D eigenvalue weighted by molar-refractivity contribution is 5.73. The molecule has 1 fully saturated rings. The first-order valence-electron chi connectivity index (χ1n) is 20.4. The fourth-order valence-corrected chi connectivity index (χ4v) is 6.08. The molecule has 10 nitrogen and oxygen atoms in total. The summed E-state index contributed by atoms with van der Waals surface area (Å²) in [5.41, 5.74) is 3.92. The molecule has 0 spiro atoms. The van der Waals surface area contributed by atoms with Gasteiger partial charge in [0.2, 0.25) is 0 Å². The van der Waals surface area contributed by atoms with Crippen molar-refractivity contribution in [3.63, 3.8) is 0 Å². The van der Waals surface area contributed by atoms with Crippen molar-refractivity contribution in [2.45, 2.75) is 98.4 Å². The molecule has 10 heteroatoms. The molecule has 0 amide bonds. The first kappa shape index (κ1) is 44.9. The fraction of sp³-hybridized carbons (Fsp3) is 0.396. The van der Waals surface area contributed by atoms with Crippen molar-refractivity contribution in [1.82, 2.24) is 19.9 Å². The van der Waals surface area contributed by atoms with E-state index >= 15 is 0 Å². The van der Waals surface area contributed by atoms with Gasteiger partial charge in [-0.05, 0) is 73.4 Å². The summed E-state index contributed by atoms with van der Waals surface area (Å²) in [5, 5.41) is 0. The minimum Gasteiger partial charge on any atom is -0.455 e. The summed E-state index contributed by atoms with van der Waals surface area (Å²) in [5.74, 6) is -0.532. The van der Waals surface area contributed by atoms with E-state index in [1.54, 1.807) is 38.6 Å². The smallest absolute Gasteiger partial charge is 0.309 e. The Kier molecular flexibility index (Phi) is 18.7. The highest BCUT2D eigenvalue weighted by atomic mass is 16.6. The van der Waals surface area contributed by atoms with E-state index in [-0.39, 0.29) is 41.8 Å². The zero-order chi connectivity index (χ0) is 41.7. The molecule has 6 rings (SSSR count). The van der Waals surface area contributed by atoms with Gasteiger partial charge in [0.1, 0.15) is 6.10 Å². The number of aromatic nitrogens is 4.